The maximum absolute atomic E-state index is 9.85. The fourth-order valence-corrected chi connectivity index (χ4v) is 4.26. The molecule has 104 valence electrons. The molecule has 3 heteroatoms. The van der Waals surface area contributed by atoms with Gasteiger partial charge >= 0.3 is 0 Å². The van der Waals surface area contributed by atoms with Gasteiger partial charge in [0.15, 0.2) is 0 Å². The van der Waals surface area contributed by atoms with Gasteiger partial charge in [0.05, 0.1) is 12.2 Å². The third-order valence-corrected chi connectivity index (χ3v) is 5.93. The molecule has 1 aliphatic heterocycles. The van der Waals surface area contributed by atoms with Crippen molar-refractivity contribution in [1.82, 2.24) is 5.32 Å². The molecule has 18 heavy (non-hydrogen) atoms. The van der Waals surface area contributed by atoms with Gasteiger partial charge in [-0.2, -0.15) is 0 Å². The van der Waals surface area contributed by atoms with Gasteiger partial charge in [0.1, 0.15) is 0 Å². The van der Waals surface area contributed by atoms with Gasteiger partial charge in [0.2, 0.25) is 0 Å². The lowest BCUT2D eigenvalue weighted by atomic mass is 9.54. The van der Waals surface area contributed by atoms with Crippen LogP contribution in [0.4, 0.5) is 0 Å². The molecule has 2 aliphatic carbocycles. The van der Waals surface area contributed by atoms with Crippen molar-refractivity contribution in [2.75, 3.05) is 6.61 Å². The molecular weight excluding hydrogens is 226 g/mol. The molecule has 2 saturated carbocycles. The first kappa shape index (κ1) is 12.9. The van der Waals surface area contributed by atoms with E-state index in [9.17, 15) is 5.11 Å². The molecule has 5 atom stereocenters. The molecule has 1 heterocycles. The molecule has 0 aromatic carbocycles. The zero-order valence-corrected chi connectivity index (χ0v) is 12.1. The Bertz CT molecular complexity index is 339. The molecule has 0 spiro atoms. The lowest BCUT2D eigenvalue weighted by Gasteiger charge is -2.63. The molecule has 3 rings (SSSR count). The van der Waals surface area contributed by atoms with E-state index in [2.05, 4.69) is 33.0 Å². The topological polar surface area (TPSA) is 41.5 Å². The Hall–Kier alpha value is -0.120. The van der Waals surface area contributed by atoms with Crippen molar-refractivity contribution in [3.05, 3.63) is 0 Å². The fraction of sp³-hybridized carbons (Fsp3) is 1.00. The van der Waals surface area contributed by atoms with Crippen molar-refractivity contribution >= 4 is 0 Å². The molecule has 0 amide bonds. The number of aliphatic hydroxyl groups is 1. The highest BCUT2D eigenvalue weighted by Gasteiger charge is 2.60. The average Bonchev–Trinajstić information content (AvgIpc) is 2.34. The molecule has 2 N–H and O–H groups in total. The number of ether oxygens (including phenoxy) is 1. The Balaban J connectivity index is 1.66. The highest BCUT2D eigenvalue weighted by Crippen LogP contribution is 2.53. The van der Waals surface area contributed by atoms with Crippen molar-refractivity contribution in [1.29, 1.82) is 0 Å². The van der Waals surface area contributed by atoms with Crippen LogP contribution < -0.4 is 5.32 Å². The minimum atomic E-state index is -0.142. The van der Waals surface area contributed by atoms with E-state index in [0.717, 1.165) is 13.0 Å². The Morgan fingerprint density at radius 1 is 1.17 bits per heavy atom. The number of nitrogens with one attached hydrogen (secondary N) is 1. The summed E-state index contributed by atoms with van der Waals surface area (Å²) in [5, 5.41) is 13.7. The van der Waals surface area contributed by atoms with Crippen LogP contribution in [0.2, 0.25) is 0 Å². The molecule has 0 aromatic heterocycles. The first-order chi connectivity index (χ1) is 8.35. The van der Waals surface area contributed by atoms with E-state index in [-0.39, 0.29) is 16.9 Å². The summed E-state index contributed by atoms with van der Waals surface area (Å²) in [6.45, 7) is 9.90. The van der Waals surface area contributed by atoms with E-state index in [1.807, 2.05) is 0 Å². The quantitative estimate of drug-likeness (QED) is 0.790. The van der Waals surface area contributed by atoms with Crippen LogP contribution >= 0.6 is 0 Å². The third kappa shape index (κ3) is 1.60. The van der Waals surface area contributed by atoms with Gasteiger partial charge in [0, 0.05) is 35.4 Å². The molecule has 5 unspecified atom stereocenters. The zero-order valence-electron chi connectivity index (χ0n) is 12.1. The molecule has 3 nitrogen and oxygen atoms in total. The Morgan fingerprint density at radius 3 is 2.50 bits per heavy atom. The predicted molar refractivity (Wildman–Crippen MR) is 71.4 cm³/mol. The van der Waals surface area contributed by atoms with E-state index < -0.39 is 0 Å². The lowest BCUT2D eigenvalue weighted by Crippen LogP contribution is -2.74. The van der Waals surface area contributed by atoms with E-state index >= 15 is 0 Å². The normalized spacial score (nSPS) is 48.8. The summed E-state index contributed by atoms with van der Waals surface area (Å²) < 4.78 is 5.94. The molecule has 3 aliphatic rings. The minimum absolute atomic E-state index is 0.0245. The van der Waals surface area contributed by atoms with Crippen molar-refractivity contribution in [2.45, 2.75) is 71.2 Å². The van der Waals surface area contributed by atoms with Crippen LogP contribution in [-0.2, 0) is 4.74 Å². The van der Waals surface area contributed by atoms with Gasteiger partial charge in [-0.3, -0.25) is 0 Å². The largest absolute Gasteiger partial charge is 0.392 e. The van der Waals surface area contributed by atoms with Gasteiger partial charge in [-0.15, -0.1) is 0 Å². The van der Waals surface area contributed by atoms with Crippen molar-refractivity contribution in [3.63, 3.8) is 0 Å². The van der Waals surface area contributed by atoms with E-state index in [0.29, 0.717) is 24.1 Å². The third-order valence-electron chi connectivity index (χ3n) is 5.93. The standard InChI is InChI=1S/C15H27NO2/c1-14(2)10(8-11(14)17)16-12-9-6-5-7-18-13(9)15(12,3)4/h9-13,16-17H,5-8H2,1-4H3. The van der Waals surface area contributed by atoms with Crippen LogP contribution in [-0.4, -0.2) is 36.0 Å². The molecular formula is C15H27NO2. The van der Waals surface area contributed by atoms with Gasteiger partial charge in [-0.1, -0.05) is 27.7 Å². The summed E-state index contributed by atoms with van der Waals surface area (Å²) in [6.07, 6.45) is 3.69. The molecule has 0 radical (unpaired) electrons. The second-order valence-corrected chi connectivity index (χ2v) is 7.69. The van der Waals surface area contributed by atoms with E-state index in [4.69, 9.17) is 4.74 Å². The van der Waals surface area contributed by atoms with Crippen LogP contribution in [0.1, 0.15) is 47.0 Å². The smallest absolute Gasteiger partial charge is 0.0684 e. The fourth-order valence-electron chi connectivity index (χ4n) is 4.26. The first-order valence-corrected chi connectivity index (χ1v) is 7.41. The molecule has 0 aromatic rings. The predicted octanol–water partition coefficient (Wildman–Crippen LogP) is 1.94. The van der Waals surface area contributed by atoms with Crippen molar-refractivity contribution in [2.24, 2.45) is 16.7 Å². The highest BCUT2D eigenvalue weighted by molar-refractivity contribution is 5.13. The van der Waals surface area contributed by atoms with E-state index in [1.165, 1.54) is 12.8 Å². The lowest BCUT2D eigenvalue weighted by molar-refractivity contribution is -0.204. The van der Waals surface area contributed by atoms with Gasteiger partial charge in [-0.25, -0.2) is 0 Å². The first-order valence-electron chi connectivity index (χ1n) is 7.41. The van der Waals surface area contributed by atoms with Gasteiger partial charge in [-0.05, 0) is 19.3 Å². The number of hydrogen-bond donors (Lipinski definition) is 2. The Morgan fingerprint density at radius 2 is 1.89 bits per heavy atom. The van der Waals surface area contributed by atoms with Crippen molar-refractivity contribution < 1.29 is 9.84 Å². The maximum atomic E-state index is 9.85. The SMILES string of the molecule is CC1(C)C(O)CC1NC1C2CCCOC2C1(C)C. The molecule has 1 saturated heterocycles. The number of fused-ring (bicyclic) bond motifs is 1. The molecule has 3 fully saturated rings. The number of aliphatic hydroxyl groups excluding tert-OH is 1. The van der Waals surface area contributed by atoms with Gasteiger partial charge < -0.3 is 15.2 Å². The summed E-state index contributed by atoms with van der Waals surface area (Å²) >= 11 is 0. The summed E-state index contributed by atoms with van der Waals surface area (Å²) in [7, 11) is 0. The second-order valence-electron chi connectivity index (χ2n) is 7.69. The highest BCUT2D eigenvalue weighted by atomic mass is 16.5. The molecule has 0 bridgehead atoms. The van der Waals surface area contributed by atoms with Crippen LogP contribution in [0, 0.1) is 16.7 Å². The summed E-state index contributed by atoms with van der Waals surface area (Å²) in [6, 6.07) is 1.01. The monoisotopic (exact) mass is 253 g/mol. The summed E-state index contributed by atoms with van der Waals surface area (Å²) in [4.78, 5) is 0. The van der Waals surface area contributed by atoms with Crippen LogP contribution in [0.5, 0.6) is 0 Å². The minimum Gasteiger partial charge on any atom is -0.392 e. The number of hydrogen-bond acceptors (Lipinski definition) is 3. The summed E-state index contributed by atoms with van der Waals surface area (Å²) in [5.74, 6) is 0.683. The summed E-state index contributed by atoms with van der Waals surface area (Å²) in [5.41, 5.74) is 0.262. The second kappa shape index (κ2) is 3.94. The van der Waals surface area contributed by atoms with E-state index in [1.54, 1.807) is 0 Å². The number of rotatable bonds is 2. The average molecular weight is 253 g/mol. The van der Waals surface area contributed by atoms with Crippen LogP contribution in [0.25, 0.3) is 0 Å². The zero-order chi connectivity index (χ0) is 13.1. The van der Waals surface area contributed by atoms with Crippen molar-refractivity contribution in [3.8, 4) is 0 Å². The van der Waals surface area contributed by atoms with Crippen LogP contribution in [0.3, 0.4) is 0 Å². The van der Waals surface area contributed by atoms with Gasteiger partial charge in [0.25, 0.3) is 0 Å². The van der Waals surface area contributed by atoms with Crippen LogP contribution in [0.15, 0.2) is 0 Å². The maximum Gasteiger partial charge on any atom is 0.0684 e. The Labute approximate surface area is 110 Å². The Kier molecular flexibility index (Phi) is 2.82.